The average molecular weight is 267 g/mol. The molecule has 0 radical (unpaired) electrons. The third kappa shape index (κ3) is 3.48. The first-order valence-corrected chi connectivity index (χ1v) is 7.92. The van der Waals surface area contributed by atoms with E-state index in [2.05, 4.69) is 18.7 Å². The molecule has 19 heavy (non-hydrogen) atoms. The Bertz CT molecular complexity index is 302. The molecule has 0 aromatic heterocycles. The van der Waals surface area contributed by atoms with E-state index < -0.39 is 0 Å². The largest absolute Gasteiger partial charge is 0.340 e. The van der Waals surface area contributed by atoms with E-state index in [0.717, 1.165) is 25.9 Å². The highest BCUT2D eigenvalue weighted by atomic mass is 16.2. The van der Waals surface area contributed by atoms with Gasteiger partial charge in [0.1, 0.15) is 0 Å². The van der Waals surface area contributed by atoms with Crippen molar-refractivity contribution in [3.63, 3.8) is 0 Å². The quantitative estimate of drug-likeness (QED) is 0.838. The minimum atomic E-state index is -0.315. The minimum Gasteiger partial charge on any atom is -0.340 e. The van der Waals surface area contributed by atoms with Gasteiger partial charge in [0.15, 0.2) is 0 Å². The van der Waals surface area contributed by atoms with Crippen LogP contribution in [-0.4, -0.2) is 54.0 Å². The number of hydrogen-bond donors (Lipinski definition) is 1. The normalized spacial score (nSPS) is 28.4. The lowest BCUT2D eigenvalue weighted by molar-refractivity contribution is -0.132. The SMILES string of the molecule is CC[C@H](C)[C@H](N)C(=O)N1CCC(N2CCCCC2)C1. The van der Waals surface area contributed by atoms with Gasteiger partial charge in [-0.25, -0.2) is 0 Å². The molecule has 3 atom stereocenters. The Labute approximate surface area is 117 Å². The zero-order chi connectivity index (χ0) is 13.8. The summed E-state index contributed by atoms with van der Waals surface area (Å²) >= 11 is 0. The standard InChI is InChI=1S/C15H29N3O/c1-3-12(2)14(16)15(19)18-10-7-13(11-18)17-8-5-4-6-9-17/h12-14H,3-11,16H2,1-2H3/t12-,13?,14-/m0/s1. The van der Waals surface area contributed by atoms with E-state index in [-0.39, 0.29) is 17.9 Å². The summed E-state index contributed by atoms with van der Waals surface area (Å²) in [6, 6.07) is 0.262. The summed E-state index contributed by atoms with van der Waals surface area (Å²) in [5.74, 6) is 0.440. The number of nitrogens with two attached hydrogens (primary N) is 1. The Balaban J connectivity index is 1.85. The molecule has 2 fully saturated rings. The van der Waals surface area contributed by atoms with E-state index in [0.29, 0.717) is 6.04 Å². The fraction of sp³-hybridized carbons (Fsp3) is 0.933. The molecule has 2 aliphatic rings. The van der Waals surface area contributed by atoms with Gasteiger partial charge in [0.05, 0.1) is 6.04 Å². The highest BCUT2D eigenvalue weighted by molar-refractivity contribution is 5.82. The van der Waals surface area contributed by atoms with Crippen LogP contribution in [0, 0.1) is 5.92 Å². The minimum absolute atomic E-state index is 0.161. The number of hydrogen-bond acceptors (Lipinski definition) is 3. The lowest BCUT2D eigenvalue weighted by atomic mass is 9.99. The summed E-state index contributed by atoms with van der Waals surface area (Å²) in [5, 5.41) is 0. The van der Waals surface area contributed by atoms with Crippen molar-refractivity contribution < 1.29 is 4.79 Å². The first-order valence-electron chi connectivity index (χ1n) is 7.92. The molecule has 2 saturated heterocycles. The number of likely N-dealkylation sites (tertiary alicyclic amines) is 2. The third-order valence-corrected chi connectivity index (χ3v) is 4.92. The number of amides is 1. The maximum absolute atomic E-state index is 12.4. The van der Waals surface area contributed by atoms with E-state index >= 15 is 0 Å². The van der Waals surface area contributed by atoms with Crippen LogP contribution in [-0.2, 0) is 4.79 Å². The van der Waals surface area contributed by atoms with E-state index in [1.807, 2.05) is 4.90 Å². The second kappa shape index (κ2) is 6.71. The van der Waals surface area contributed by atoms with Gasteiger partial charge in [-0.05, 0) is 38.3 Å². The molecule has 1 amide bonds. The Morgan fingerprint density at radius 1 is 1.26 bits per heavy atom. The molecule has 0 aromatic carbocycles. The maximum atomic E-state index is 12.4. The van der Waals surface area contributed by atoms with E-state index in [9.17, 15) is 4.79 Å². The number of nitrogens with zero attached hydrogens (tertiary/aromatic N) is 2. The van der Waals surface area contributed by atoms with Crippen molar-refractivity contribution in [2.24, 2.45) is 11.7 Å². The number of piperidine rings is 1. The van der Waals surface area contributed by atoms with Gasteiger partial charge in [-0.15, -0.1) is 0 Å². The summed E-state index contributed by atoms with van der Waals surface area (Å²) < 4.78 is 0. The molecule has 0 saturated carbocycles. The van der Waals surface area contributed by atoms with Crippen LogP contribution in [0.2, 0.25) is 0 Å². The van der Waals surface area contributed by atoms with E-state index in [1.165, 1.54) is 32.4 Å². The van der Waals surface area contributed by atoms with Crippen LogP contribution in [0.5, 0.6) is 0 Å². The lowest BCUT2D eigenvalue weighted by Crippen LogP contribution is -2.48. The highest BCUT2D eigenvalue weighted by Crippen LogP contribution is 2.21. The summed E-state index contributed by atoms with van der Waals surface area (Å²) in [7, 11) is 0. The molecule has 110 valence electrons. The Hall–Kier alpha value is -0.610. The molecule has 0 bridgehead atoms. The first-order chi connectivity index (χ1) is 9.13. The van der Waals surface area contributed by atoms with Crippen molar-refractivity contribution in [1.82, 2.24) is 9.80 Å². The van der Waals surface area contributed by atoms with Gasteiger partial charge in [-0.2, -0.15) is 0 Å². The third-order valence-electron chi connectivity index (χ3n) is 4.92. The summed E-state index contributed by atoms with van der Waals surface area (Å²) in [6.45, 7) is 8.38. The monoisotopic (exact) mass is 267 g/mol. The van der Waals surface area contributed by atoms with Gasteiger partial charge < -0.3 is 10.6 Å². The van der Waals surface area contributed by atoms with Crippen LogP contribution < -0.4 is 5.73 Å². The summed E-state index contributed by atoms with van der Waals surface area (Å²) in [4.78, 5) is 16.9. The predicted octanol–water partition coefficient (Wildman–Crippen LogP) is 1.45. The average Bonchev–Trinajstić information content (AvgIpc) is 2.95. The predicted molar refractivity (Wildman–Crippen MR) is 77.8 cm³/mol. The van der Waals surface area contributed by atoms with Crippen molar-refractivity contribution in [1.29, 1.82) is 0 Å². The zero-order valence-electron chi connectivity index (χ0n) is 12.5. The van der Waals surface area contributed by atoms with Crippen LogP contribution in [0.3, 0.4) is 0 Å². The molecule has 4 nitrogen and oxygen atoms in total. The van der Waals surface area contributed by atoms with Gasteiger partial charge >= 0.3 is 0 Å². The van der Waals surface area contributed by atoms with Gasteiger partial charge in [-0.1, -0.05) is 26.7 Å². The van der Waals surface area contributed by atoms with E-state index in [4.69, 9.17) is 5.73 Å². The van der Waals surface area contributed by atoms with Gasteiger partial charge in [0.2, 0.25) is 5.91 Å². The Kier molecular flexibility index (Phi) is 5.22. The van der Waals surface area contributed by atoms with E-state index in [1.54, 1.807) is 0 Å². The molecule has 2 heterocycles. The second-order valence-corrected chi connectivity index (χ2v) is 6.23. The van der Waals surface area contributed by atoms with Gasteiger partial charge in [0, 0.05) is 19.1 Å². The zero-order valence-corrected chi connectivity index (χ0v) is 12.5. The maximum Gasteiger partial charge on any atom is 0.239 e. The summed E-state index contributed by atoms with van der Waals surface area (Å²) in [6.07, 6.45) is 6.09. The number of carbonyl (C=O) groups excluding carboxylic acids is 1. The van der Waals surface area contributed by atoms with Crippen molar-refractivity contribution in [3.05, 3.63) is 0 Å². The molecule has 1 unspecified atom stereocenters. The van der Waals surface area contributed by atoms with Crippen LogP contribution in [0.4, 0.5) is 0 Å². The van der Waals surface area contributed by atoms with Crippen LogP contribution in [0.15, 0.2) is 0 Å². The summed E-state index contributed by atoms with van der Waals surface area (Å²) in [5.41, 5.74) is 6.07. The molecular weight excluding hydrogens is 238 g/mol. The lowest BCUT2D eigenvalue weighted by Gasteiger charge is -2.32. The Morgan fingerprint density at radius 2 is 1.95 bits per heavy atom. The van der Waals surface area contributed by atoms with Gasteiger partial charge in [-0.3, -0.25) is 9.69 Å². The molecular formula is C15H29N3O. The smallest absolute Gasteiger partial charge is 0.239 e. The van der Waals surface area contributed by atoms with Crippen molar-refractivity contribution in [3.8, 4) is 0 Å². The van der Waals surface area contributed by atoms with Crippen LogP contribution >= 0.6 is 0 Å². The molecule has 0 spiro atoms. The number of rotatable bonds is 4. The molecule has 2 rings (SSSR count). The number of carbonyl (C=O) groups is 1. The highest BCUT2D eigenvalue weighted by Gasteiger charge is 2.33. The van der Waals surface area contributed by atoms with Crippen molar-refractivity contribution in [2.75, 3.05) is 26.2 Å². The first kappa shape index (κ1) is 14.8. The van der Waals surface area contributed by atoms with Crippen LogP contribution in [0.1, 0.15) is 46.0 Å². The Morgan fingerprint density at radius 3 is 2.58 bits per heavy atom. The molecule has 2 N–H and O–H groups in total. The topological polar surface area (TPSA) is 49.6 Å². The van der Waals surface area contributed by atoms with Crippen LogP contribution in [0.25, 0.3) is 0 Å². The molecule has 0 aromatic rings. The molecule has 0 aliphatic carbocycles. The fourth-order valence-corrected chi connectivity index (χ4v) is 3.23. The van der Waals surface area contributed by atoms with Crippen molar-refractivity contribution >= 4 is 5.91 Å². The second-order valence-electron chi connectivity index (χ2n) is 6.23. The molecule has 4 heteroatoms. The van der Waals surface area contributed by atoms with Crippen molar-refractivity contribution in [2.45, 2.75) is 58.0 Å². The molecule has 2 aliphatic heterocycles. The van der Waals surface area contributed by atoms with Gasteiger partial charge in [0.25, 0.3) is 0 Å². The fourth-order valence-electron chi connectivity index (χ4n) is 3.23.